The molecule has 0 radical (unpaired) electrons. The van der Waals surface area contributed by atoms with Gasteiger partial charge in [0, 0.05) is 18.2 Å². The molecule has 0 spiro atoms. The first-order chi connectivity index (χ1) is 12.3. The van der Waals surface area contributed by atoms with Crippen molar-refractivity contribution in [2.75, 3.05) is 4.72 Å². The van der Waals surface area contributed by atoms with E-state index >= 15 is 0 Å². The highest BCUT2D eigenvalue weighted by Gasteiger charge is 2.18. The second-order valence-corrected chi connectivity index (χ2v) is 7.46. The zero-order valence-electron chi connectivity index (χ0n) is 14.1. The van der Waals surface area contributed by atoms with Crippen LogP contribution >= 0.6 is 0 Å². The molecule has 0 bridgehead atoms. The summed E-state index contributed by atoms with van der Waals surface area (Å²) in [6.45, 7) is 3.54. The van der Waals surface area contributed by atoms with Crippen molar-refractivity contribution in [2.45, 2.75) is 18.7 Å². The fraction of sp³-hybridized carbons (Fsp3) is 0.118. The number of hydrogen-bond donors (Lipinski definition) is 1. The lowest BCUT2D eigenvalue weighted by Crippen LogP contribution is -2.16. The lowest BCUT2D eigenvalue weighted by Gasteiger charge is -2.11. The molecule has 134 valence electrons. The van der Waals surface area contributed by atoms with Crippen molar-refractivity contribution in [1.29, 1.82) is 0 Å². The third-order valence-electron chi connectivity index (χ3n) is 3.68. The van der Waals surface area contributed by atoms with E-state index in [1.807, 2.05) is 13.0 Å². The van der Waals surface area contributed by atoms with Crippen LogP contribution in [0.2, 0.25) is 0 Å². The van der Waals surface area contributed by atoms with Gasteiger partial charge in [-0.25, -0.2) is 13.1 Å². The van der Waals surface area contributed by atoms with Gasteiger partial charge in [0.05, 0.1) is 21.2 Å². The van der Waals surface area contributed by atoms with Crippen LogP contribution in [0, 0.1) is 24.0 Å². The van der Waals surface area contributed by atoms with Crippen molar-refractivity contribution in [3.8, 4) is 5.69 Å². The fourth-order valence-electron chi connectivity index (χ4n) is 2.46. The number of benzene rings is 2. The molecule has 0 saturated heterocycles. The standard InChI is InChI=1S/C17H16N4O4S/c1-12-4-3-5-16(10-12)26(24,25)19-17-11-13(2)18-20(17)14-6-8-15(9-7-14)21(22)23/h3-11,19H,1-2H3. The molecule has 9 heteroatoms. The monoisotopic (exact) mass is 372 g/mol. The molecule has 3 aromatic rings. The van der Waals surface area contributed by atoms with Crippen molar-refractivity contribution in [3.63, 3.8) is 0 Å². The number of aryl methyl sites for hydroxylation is 2. The highest BCUT2D eigenvalue weighted by molar-refractivity contribution is 7.92. The van der Waals surface area contributed by atoms with Gasteiger partial charge in [-0.05, 0) is 43.7 Å². The molecule has 26 heavy (non-hydrogen) atoms. The smallest absolute Gasteiger partial charge is 0.263 e. The lowest BCUT2D eigenvalue weighted by atomic mass is 10.2. The number of aromatic nitrogens is 2. The van der Waals surface area contributed by atoms with Crippen LogP contribution in [0.3, 0.4) is 0 Å². The molecular formula is C17H16N4O4S. The normalized spacial score (nSPS) is 11.3. The molecule has 0 unspecified atom stereocenters. The summed E-state index contributed by atoms with van der Waals surface area (Å²) in [5, 5.41) is 15.1. The van der Waals surface area contributed by atoms with Gasteiger partial charge >= 0.3 is 0 Å². The number of non-ortho nitro benzene ring substituents is 1. The van der Waals surface area contributed by atoms with Crippen LogP contribution in [-0.2, 0) is 10.0 Å². The Hall–Kier alpha value is -3.20. The Kier molecular flexibility index (Phi) is 4.47. The number of anilines is 1. The number of nitro groups is 1. The average Bonchev–Trinajstić information content (AvgIpc) is 2.94. The van der Waals surface area contributed by atoms with E-state index in [-0.39, 0.29) is 16.4 Å². The van der Waals surface area contributed by atoms with Gasteiger partial charge in [-0.1, -0.05) is 12.1 Å². The van der Waals surface area contributed by atoms with Gasteiger partial charge in [0.15, 0.2) is 0 Å². The van der Waals surface area contributed by atoms with E-state index in [4.69, 9.17) is 0 Å². The third kappa shape index (κ3) is 3.57. The SMILES string of the molecule is Cc1cccc(S(=O)(=O)Nc2cc(C)nn2-c2ccc([N+](=O)[O-])cc2)c1. The first kappa shape index (κ1) is 17.6. The Bertz CT molecular complexity index is 1070. The molecule has 1 aromatic heterocycles. The molecule has 3 rings (SSSR count). The predicted molar refractivity (Wildman–Crippen MR) is 96.9 cm³/mol. The van der Waals surface area contributed by atoms with E-state index in [2.05, 4.69) is 9.82 Å². The first-order valence-corrected chi connectivity index (χ1v) is 9.15. The summed E-state index contributed by atoms with van der Waals surface area (Å²) < 4.78 is 29.2. The molecule has 0 aliphatic carbocycles. The zero-order chi connectivity index (χ0) is 18.9. The van der Waals surface area contributed by atoms with Crippen molar-refractivity contribution in [3.05, 3.63) is 76.0 Å². The molecular weight excluding hydrogens is 356 g/mol. The minimum absolute atomic E-state index is 0.0560. The molecule has 0 aliphatic heterocycles. The summed E-state index contributed by atoms with van der Waals surface area (Å²) >= 11 is 0. The summed E-state index contributed by atoms with van der Waals surface area (Å²) in [4.78, 5) is 10.4. The highest BCUT2D eigenvalue weighted by Crippen LogP contribution is 2.23. The van der Waals surface area contributed by atoms with Crippen LogP contribution in [-0.4, -0.2) is 23.1 Å². The number of nitrogens with zero attached hydrogens (tertiary/aromatic N) is 3. The average molecular weight is 372 g/mol. The van der Waals surface area contributed by atoms with Crippen LogP contribution in [0.1, 0.15) is 11.3 Å². The van der Waals surface area contributed by atoms with Crippen molar-refractivity contribution >= 4 is 21.5 Å². The quantitative estimate of drug-likeness (QED) is 0.547. The highest BCUT2D eigenvalue weighted by atomic mass is 32.2. The van der Waals surface area contributed by atoms with Crippen LogP contribution < -0.4 is 4.72 Å². The number of rotatable bonds is 5. The predicted octanol–water partition coefficient (Wildman–Crippen LogP) is 3.20. The van der Waals surface area contributed by atoms with Gasteiger partial charge in [0.25, 0.3) is 15.7 Å². The molecule has 0 saturated carbocycles. The molecule has 0 fully saturated rings. The van der Waals surface area contributed by atoms with E-state index in [1.165, 1.54) is 35.0 Å². The molecule has 0 amide bonds. The Morgan fingerprint density at radius 2 is 1.77 bits per heavy atom. The molecule has 0 aliphatic rings. The summed E-state index contributed by atoms with van der Waals surface area (Å²) in [5.74, 6) is 0.248. The molecule has 2 aromatic carbocycles. The van der Waals surface area contributed by atoms with Gasteiger partial charge in [0.1, 0.15) is 5.82 Å². The van der Waals surface area contributed by atoms with E-state index in [0.717, 1.165) is 5.56 Å². The fourth-order valence-corrected chi connectivity index (χ4v) is 3.60. The number of nitrogens with one attached hydrogen (secondary N) is 1. The van der Waals surface area contributed by atoms with Crippen molar-refractivity contribution < 1.29 is 13.3 Å². The largest absolute Gasteiger partial charge is 0.269 e. The van der Waals surface area contributed by atoms with Crippen molar-refractivity contribution in [1.82, 2.24) is 9.78 Å². The Balaban J connectivity index is 1.98. The van der Waals surface area contributed by atoms with Crippen LogP contribution in [0.5, 0.6) is 0 Å². The van der Waals surface area contributed by atoms with Gasteiger partial charge in [-0.3, -0.25) is 14.8 Å². The Morgan fingerprint density at radius 3 is 2.38 bits per heavy atom. The Labute approximate surface area is 150 Å². The molecule has 1 N–H and O–H groups in total. The lowest BCUT2D eigenvalue weighted by molar-refractivity contribution is -0.384. The van der Waals surface area contributed by atoms with Gasteiger partial charge in [-0.2, -0.15) is 5.10 Å². The number of hydrogen-bond acceptors (Lipinski definition) is 5. The summed E-state index contributed by atoms with van der Waals surface area (Å²) in [6, 6.07) is 13.8. The zero-order valence-corrected chi connectivity index (χ0v) is 14.9. The van der Waals surface area contributed by atoms with Crippen LogP contribution in [0.25, 0.3) is 5.69 Å². The topological polar surface area (TPSA) is 107 Å². The molecule has 0 atom stereocenters. The third-order valence-corrected chi connectivity index (χ3v) is 5.03. The van der Waals surface area contributed by atoms with Crippen LogP contribution in [0.15, 0.2) is 59.5 Å². The summed E-state index contributed by atoms with van der Waals surface area (Å²) in [5.41, 5.74) is 1.88. The summed E-state index contributed by atoms with van der Waals surface area (Å²) in [7, 11) is -3.79. The first-order valence-electron chi connectivity index (χ1n) is 7.67. The maximum Gasteiger partial charge on any atom is 0.269 e. The van der Waals surface area contributed by atoms with E-state index in [9.17, 15) is 18.5 Å². The minimum Gasteiger partial charge on any atom is -0.263 e. The van der Waals surface area contributed by atoms with Crippen LogP contribution in [0.4, 0.5) is 11.5 Å². The maximum atomic E-state index is 12.6. The van der Waals surface area contributed by atoms with Gasteiger partial charge in [-0.15, -0.1) is 0 Å². The number of sulfonamides is 1. The second-order valence-electron chi connectivity index (χ2n) is 5.78. The van der Waals surface area contributed by atoms with Gasteiger partial charge < -0.3 is 0 Å². The van der Waals surface area contributed by atoms with E-state index < -0.39 is 14.9 Å². The molecule has 8 nitrogen and oxygen atoms in total. The maximum absolute atomic E-state index is 12.6. The minimum atomic E-state index is -3.79. The number of nitro benzene ring substituents is 1. The van der Waals surface area contributed by atoms with Crippen molar-refractivity contribution in [2.24, 2.45) is 0 Å². The van der Waals surface area contributed by atoms with Gasteiger partial charge in [0.2, 0.25) is 0 Å². The second kappa shape index (κ2) is 6.60. The van der Waals surface area contributed by atoms with E-state index in [0.29, 0.717) is 11.4 Å². The summed E-state index contributed by atoms with van der Waals surface area (Å²) in [6.07, 6.45) is 0. The Morgan fingerprint density at radius 1 is 1.08 bits per heavy atom. The molecule has 1 heterocycles. The van der Waals surface area contributed by atoms with E-state index in [1.54, 1.807) is 25.1 Å².